The highest BCUT2D eigenvalue weighted by Crippen LogP contribution is 2.19. The zero-order chi connectivity index (χ0) is 21.3. The Bertz CT molecular complexity index is 774. The molecule has 12 heteroatoms. The fraction of sp³-hybridized carbons (Fsp3) is 0.667. The number of hydrogen-bond donors (Lipinski definition) is 1. The summed E-state index contributed by atoms with van der Waals surface area (Å²) in [6, 6.07) is 3.46. The number of guanidine groups is 1. The summed E-state index contributed by atoms with van der Waals surface area (Å²) in [5.74, 6) is 1.11. The molecule has 0 bridgehead atoms. The number of rotatable bonds is 9. The molecule has 0 aromatic carbocycles. The fourth-order valence-corrected chi connectivity index (χ4v) is 4.28. The van der Waals surface area contributed by atoms with E-state index >= 15 is 0 Å². The highest BCUT2D eigenvalue weighted by atomic mass is 127. The van der Waals surface area contributed by atoms with E-state index in [4.69, 9.17) is 21.1 Å². The van der Waals surface area contributed by atoms with Crippen molar-refractivity contribution in [3.05, 3.63) is 23.4 Å². The van der Waals surface area contributed by atoms with Crippen LogP contribution in [-0.2, 0) is 14.8 Å². The summed E-state index contributed by atoms with van der Waals surface area (Å²) in [6.45, 7) is 6.86. The van der Waals surface area contributed by atoms with Gasteiger partial charge < -0.3 is 19.7 Å². The first-order valence-corrected chi connectivity index (χ1v) is 11.6. The van der Waals surface area contributed by atoms with Crippen molar-refractivity contribution in [2.45, 2.75) is 20.0 Å². The molecule has 30 heavy (non-hydrogen) atoms. The Morgan fingerprint density at radius 3 is 2.60 bits per heavy atom. The highest BCUT2D eigenvalue weighted by Gasteiger charge is 2.27. The summed E-state index contributed by atoms with van der Waals surface area (Å²) in [6.07, 6.45) is 1.64. The number of aromatic nitrogens is 1. The molecule has 0 spiro atoms. The molecule has 1 saturated heterocycles. The fourth-order valence-electron chi connectivity index (χ4n) is 2.82. The molecule has 0 radical (unpaired) electrons. The molecular formula is C18H31ClIN5O4S. The molecule has 9 nitrogen and oxygen atoms in total. The van der Waals surface area contributed by atoms with E-state index in [1.54, 1.807) is 25.4 Å². The van der Waals surface area contributed by atoms with Crippen LogP contribution >= 0.6 is 35.6 Å². The van der Waals surface area contributed by atoms with Gasteiger partial charge in [0.15, 0.2) is 5.96 Å². The first kappa shape index (κ1) is 27.1. The standard InChI is InChI=1S/C18H30ClN5O4S.HI/c1-15(2)27-13-14-29(25,26)24-10-8-23(9-11-24)18(20-3)22-7-12-28-17-16(19)5-4-6-21-17;/h4-6,15H,7-14H2,1-3H3,(H,20,22);1H. The van der Waals surface area contributed by atoms with E-state index in [2.05, 4.69) is 15.3 Å². The first-order chi connectivity index (χ1) is 13.8. The molecular weight excluding hydrogens is 545 g/mol. The average Bonchev–Trinajstić information content (AvgIpc) is 2.69. The van der Waals surface area contributed by atoms with Crippen molar-refractivity contribution in [3.63, 3.8) is 0 Å². The molecule has 2 rings (SSSR count). The topological polar surface area (TPSA) is 96.4 Å². The van der Waals surface area contributed by atoms with E-state index in [1.807, 2.05) is 18.7 Å². The summed E-state index contributed by atoms with van der Waals surface area (Å²) in [5.41, 5.74) is 0. The van der Waals surface area contributed by atoms with Crippen LogP contribution in [0.5, 0.6) is 5.88 Å². The van der Waals surface area contributed by atoms with Crippen LogP contribution in [0.1, 0.15) is 13.8 Å². The van der Waals surface area contributed by atoms with Gasteiger partial charge in [0.25, 0.3) is 0 Å². The Kier molecular flexibility index (Phi) is 12.2. The second-order valence-corrected chi connectivity index (χ2v) is 9.23. The van der Waals surface area contributed by atoms with Gasteiger partial charge in [-0.15, -0.1) is 24.0 Å². The molecule has 1 N–H and O–H groups in total. The zero-order valence-electron chi connectivity index (χ0n) is 17.6. The van der Waals surface area contributed by atoms with Crippen molar-refractivity contribution >= 4 is 51.6 Å². The minimum atomic E-state index is -3.31. The summed E-state index contributed by atoms with van der Waals surface area (Å²) in [7, 11) is -1.61. The van der Waals surface area contributed by atoms with Crippen molar-refractivity contribution in [2.24, 2.45) is 4.99 Å². The number of nitrogens with zero attached hydrogens (tertiary/aromatic N) is 4. The number of sulfonamides is 1. The van der Waals surface area contributed by atoms with E-state index in [0.29, 0.717) is 56.2 Å². The van der Waals surface area contributed by atoms with E-state index in [9.17, 15) is 8.42 Å². The van der Waals surface area contributed by atoms with Gasteiger partial charge in [0, 0.05) is 39.4 Å². The van der Waals surface area contributed by atoms with Gasteiger partial charge in [0.2, 0.25) is 15.9 Å². The van der Waals surface area contributed by atoms with Gasteiger partial charge >= 0.3 is 0 Å². The summed E-state index contributed by atoms with van der Waals surface area (Å²) >= 11 is 6.01. The SMILES string of the molecule is CN=C(NCCOc1ncccc1Cl)N1CCN(S(=O)(=O)CCOC(C)C)CC1.I. The van der Waals surface area contributed by atoms with Crippen molar-refractivity contribution in [3.8, 4) is 5.88 Å². The van der Waals surface area contributed by atoms with Gasteiger partial charge in [0.05, 0.1) is 25.0 Å². The zero-order valence-corrected chi connectivity index (χ0v) is 21.5. The van der Waals surface area contributed by atoms with Crippen LogP contribution in [-0.4, -0.2) is 93.4 Å². The number of hydrogen-bond acceptors (Lipinski definition) is 6. The third kappa shape index (κ3) is 8.69. The van der Waals surface area contributed by atoms with E-state index in [-0.39, 0.29) is 42.4 Å². The van der Waals surface area contributed by atoms with E-state index in [0.717, 1.165) is 0 Å². The van der Waals surface area contributed by atoms with E-state index < -0.39 is 10.0 Å². The van der Waals surface area contributed by atoms with Crippen molar-refractivity contribution in [1.82, 2.24) is 19.5 Å². The maximum atomic E-state index is 12.4. The molecule has 172 valence electrons. The van der Waals surface area contributed by atoms with Crippen LogP contribution < -0.4 is 10.1 Å². The number of pyridine rings is 1. The van der Waals surface area contributed by atoms with E-state index in [1.165, 1.54) is 4.31 Å². The number of nitrogens with one attached hydrogen (secondary N) is 1. The van der Waals surface area contributed by atoms with Crippen molar-refractivity contribution in [2.75, 3.05) is 58.7 Å². The van der Waals surface area contributed by atoms with Crippen LogP contribution in [0, 0.1) is 0 Å². The predicted octanol–water partition coefficient (Wildman–Crippen LogP) is 1.68. The van der Waals surface area contributed by atoms with Crippen LogP contribution in [0.15, 0.2) is 23.3 Å². The number of ether oxygens (including phenoxy) is 2. The molecule has 0 atom stereocenters. The minimum Gasteiger partial charge on any atom is -0.475 e. The van der Waals surface area contributed by atoms with Gasteiger partial charge in [-0.2, -0.15) is 4.31 Å². The molecule has 1 fully saturated rings. The minimum absolute atomic E-state index is 0. The van der Waals surface area contributed by atoms with Gasteiger partial charge in [-0.1, -0.05) is 11.6 Å². The maximum Gasteiger partial charge on any atom is 0.232 e. The molecule has 0 saturated carbocycles. The molecule has 0 unspecified atom stereocenters. The molecule has 1 aromatic heterocycles. The first-order valence-electron chi connectivity index (χ1n) is 9.62. The second-order valence-electron chi connectivity index (χ2n) is 6.73. The average molecular weight is 576 g/mol. The number of aliphatic imine (C=N–C) groups is 1. The van der Waals surface area contributed by atoms with Crippen LogP contribution in [0.4, 0.5) is 0 Å². The lowest BCUT2D eigenvalue weighted by Gasteiger charge is -2.35. The Morgan fingerprint density at radius 2 is 2.00 bits per heavy atom. The molecule has 0 aliphatic carbocycles. The van der Waals surface area contributed by atoms with Crippen molar-refractivity contribution < 1.29 is 17.9 Å². The molecule has 1 aromatic rings. The van der Waals surface area contributed by atoms with Gasteiger partial charge in [-0.3, -0.25) is 4.99 Å². The quantitative estimate of drug-likeness (QED) is 0.207. The Labute approximate surface area is 201 Å². The third-order valence-electron chi connectivity index (χ3n) is 4.28. The molecule has 1 aliphatic heterocycles. The summed E-state index contributed by atoms with van der Waals surface area (Å²) < 4.78 is 37.3. The summed E-state index contributed by atoms with van der Waals surface area (Å²) in [4.78, 5) is 10.4. The highest BCUT2D eigenvalue weighted by molar-refractivity contribution is 14.0. The monoisotopic (exact) mass is 575 g/mol. The Balaban J connectivity index is 0.00000450. The van der Waals surface area contributed by atoms with Crippen molar-refractivity contribution in [1.29, 1.82) is 0 Å². The predicted molar refractivity (Wildman–Crippen MR) is 130 cm³/mol. The Morgan fingerprint density at radius 1 is 1.30 bits per heavy atom. The third-order valence-corrected chi connectivity index (χ3v) is 6.41. The normalized spacial score (nSPS) is 15.8. The maximum absolute atomic E-state index is 12.4. The number of halogens is 2. The lowest BCUT2D eigenvalue weighted by Crippen LogP contribution is -2.54. The van der Waals surface area contributed by atoms with Gasteiger partial charge in [-0.05, 0) is 26.0 Å². The summed E-state index contributed by atoms with van der Waals surface area (Å²) in [5, 5.41) is 3.69. The van der Waals surface area contributed by atoms with Crippen LogP contribution in [0.3, 0.4) is 0 Å². The molecule has 0 amide bonds. The largest absolute Gasteiger partial charge is 0.475 e. The van der Waals surface area contributed by atoms with Crippen LogP contribution in [0.2, 0.25) is 5.02 Å². The Hall–Kier alpha value is -0.890. The van der Waals surface area contributed by atoms with Gasteiger partial charge in [0.1, 0.15) is 11.6 Å². The van der Waals surface area contributed by atoms with Crippen LogP contribution in [0.25, 0.3) is 0 Å². The molecule has 1 aliphatic rings. The smallest absolute Gasteiger partial charge is 0.232 e. The number of piperazine rings is 1. The lowest BCUT2D eigenvalue weighted by molar-refractivity contribution is 0.0904. The second kappa shape index (κ2) is 13.5. The molecule has 2 heterocycles. The van der Waals surface area contributed by atoms with Gasteiger partial charge in [-0.25, -0.2) is 13.4 Å². The lowest BCUT2D eigenvalue weighted by atomic mass is 10.4.